The number of nitrogen functional groups attached to an aromatic ring is 1. The fourth-order valence-electron chi connectivity index (χ4n) is 2.99. The second-order valence-electron chi connectivity index (χ2n) is 6.39. The van der Waals surface area contributed by atoms with Crippen LogP contribution in [0.3, 0.4) is 0 Å². The molecule has 0 aliphatic carbocycles. The van der Waals surface area contributed by atoms with Crippen LogP contribution in [-0.2, 0) is 4.74 Å². The molecule has 23 heavy (non-hydrogen) atoms. The van der Waals surface area contributed by atoms with Crippen LogP contribution in [0.5, 0.6) is 0 Å². The zero-order chi connectivity index (χ0) is 16.7. The van der Waals surface area contributed by atoms with Crippen LogP contribution in [0.2, 0.25) is 0 Å². The number of hydrogen-bond acceptors (Lipinski definition) is 7. The van der Waals surface area contributed by atoms with Gasteiger partial charge in [0.15, 0.2) is 11.9 Å². The molecule has 3 rings (SSSR count). The molecular formula is C15H22N4O4. The molecule has 5 atom stereocenters. The Balaban J connectivity index is 1.89. The molecule has 0 saturated carbocycles. The molecular weight excluding hydrogens is 300 g/mol. The first-order chi connectivity index (χ1) is 10.9. The van der Waals surface area contributed by atoms with E-state index in [0.717, 1.165) is 0 Å². The highest BCUT2D eigenvalue weighted by molar-refractivity contribution is 5.83. The molecule has 0 bridgehead atoms. The van der Waals surface area contributed by atoms with Crippen LogP contribution in [0.4, 0.5) is 5.69 Å². The Morgan fingerprint density at radius 2 is 2.04 bits per heavy atom. The zero-order valence-corrected chi connectivity index (χ0v) is 13.1. The van der Waals surface area contributed by atoms with Gasteiger partial charge in [0.25, 0.3) is 0 Å². The molecule has 1 aliphatic heterocycles. The van der Waals surface area contributed by atoms with E-state index in [9.17, 15) is 15.3 Å². The van der Waals surface area contributed by atoms with Gasteiger partial charge in [-0.15, -0.1) is 0 Å². The van der Waals surface area contributed by atoms with Crippen LogP contribution >= 0.6 is 0 Å². The SMILES string of the molecule is CC(C)C[C@H](O)[C@H]1O[C@@H](n2cnc3c(N)ccnc32)[C@H](O)[C@@H]1O. The Morgan fingerprint density at radius 1 is 1.30 bits per heavy atom. The van der Waals surface area contributed by atoms with Gasteiger partial charge in [0.05, 0.1) is 18.1 Å². The molecule has 8 nitrogen and oxygen atoms in total. The van der Waals surface area contributed by atoms with Crippen molar-refractivity contribution in [3.05, 3.63) is 18.6 Å². The van der Waals surface area contributed by atoms with E-state index in [1.807, 2.05) is 13.8 Å². The molecule has 1 aliphatic rings. The third-order valence-electron chi connectivity index (χ3n) is 4.13. The summed E-state index contributed by atoms with van der Waals surface area (Å²) in [6.45, 7) is 3.93. The molecule has 1 saturated heterocycles. The average Bonchev–Trinajstić information content (AvgIpc) is 3.02. The van der Waals surface area contributed by atoms with Crippen molar-refractivity contribution in [1.29, 1.82) is 0 Å². The van der Waals surface area contributed by atoms with E-state index in [1.165, 1.54) is 10.9 Å². The quantitative estimate of drug-likeness (QED) is 0.626. The molecule has 3 heterocycles. The van der Waals surface area contributed by atoms with Crippen molar-refractivity contribution in [3.8, 4) is 0 Å². The molecule has 8 heteroatoms. The predicted octanol–water partition coefficient (Wildman–Crippen LogP) is 0.0397. The van der Waals surface area contributed by atoms with E-state index in [-0.39, 0.29) is 5.92 Å². The maximum absolute atomic E-state index is 10.3. The Bertz CT molecular complexity index is 689. The van der Waals surface area contributed by atoms with Crippen LogP contribution in [0.25, 0.3) is 11.2 Å². The van der Waals surface area contributed by atoms with Crippen molar-refractivity contribution in [2.75, 3.05) is 5.73 Å². The molecule has 1 fully saturated rings. The van der Waals surface area contributed by atoms with E-state index in [1.54, 1.807) is 12.3 Å². The number of ether oxygens (including phenoxy) is 1. The molecule has 0 aromatic carbocycles. The highest BCUT2D eigenvalue weighted by Gasteiger charge is 2.47. The van der Waals surface area contributed by atoms with Gasteiger partial charge in [-0.3, -0.25) is 4.57 Å². The minimum absolute atomic E-state index is 0.243. The third kappa shape index (κ3) is 2.78. The highest BCUT2D eigenvalue weighted by atomic mass is 16.6. The molecule has 2 aromatic rings. The summed E-state index contributed by atoms with van der Waals surface area (Å²) < 4.78 is 7.26. The molecule has 0 amide bonds. The monoisotopic (exact) mass is 322 g/mol. The second-order valence-corrected chi connectivity index (χ2v) is 6.39. The fraction of sp³-hybridized carbons (Fsp3) is 0.600. The standard InChI is InChI=1S/C15H22N4O4/c1-7(2)5-9(20)13-11(21)12(22)15(23-13)19-6-18-10-8(16)3-4-17-14(10)19/h3-4,6-7,9,11-13,15,20-22H,5H2,1-2H3,(H2,16,17)/t9-,11-,12+,13+,15+/m0/s1. The Morgan fingerprint density at radius 3 is 2.74 bits per heavy atom. The molecule has 5 N–H and O–H groups in total. The lowest BCUT2D eigenvalue weighted by molar-refractivity contribution is -0.0881. The fourth-order valence-corrected chi connectivity index (χ4v) is 2.99. The number of anilines is 1. The van der Waals surface area contributed by atoms with Gasteiger partial charge in [-0.1, -0.05) is 13.8 Å². The van der Waals surface area contributed by atoms with Crippen LogP contribution < -0.4 is 5.73 Å². The summed E-state index contributed by atoms with van der Waals surface area (Å²) in [5.74, 6) is 0.243. The predicted molar refractivity (Wildman–Crippen MR) is 83.3 cm³/mol. The zero-order valence-electron chi connectivity index (χ0n) is 13.1. The van der Waals surface area contributed by atoms with Gasteiger partial charge >= 0.3 is 0 Å². The van der Waals surface area contributed by atoms with Gasteiger partial charge in [0.1, 0.15) is 23.8 Å². The van der Waals surface area contributed by atoms with Gasteiger partial charge in [-0.25, -0.2) is 9.97 Å². The summed E-state index contributed by atoms with van der Waals surface area (Å²) in [4.78, 5) is 8.39. The number of fused-ring (bicyclic) bond motifs is 1. The van der Waals surface area contributed by atoms with Crippen LogP contribution in [0.1, 0.15) is 26.5 Å². The summed E-state index contributed by atoms with van der Waals surface area (Å²) in [5, 5.41) is 30.8. The van der Waals surface area contributed by atoms with Gasteiger partial charge in [0, 0.05) is 6.20 Å². The van der Waals surface area contributed by atoms with Crippen LogP contribution in [0.15, 0.2) is 18.6 Å². The molecule has 0 radical (unpaired) electrons. The number of nitrogens with two attached hydrogens (primary N) is 1. The Labute approximate surface area is 133 Å². The maximum atomic E-state index is 10.3. The first-order valence-electron chi connectivity index (χ1n) is 7.66. The van der Waals surface area contributed by atoms with Gasteiger partial charge in [-0.2, -0.15) is 0 Å². The molecule has 2 aromatic heterocycles. The summed E-state index contributed by atoms with van der Waals surface area (Å²) in [5.41, 5.74) is 7.28. The lowest BCUT2D eigenvalue weighted by Gasteiger charge is -2.22. The lowest BCUT2D eigenvalue weighted by Crippen LogP contribution is -2.39. The van der Waals surface area contributed by atoms with E-state index in [4.69, 9.17) is 10.5 Å². The molecule has 0 unspecified atom stereocenters. The first kappa shape index (κ1) is 16.1. The summed E-state index contributed by atoms with van der Waals surface area (Å²) in [6.07, 6.45) is -1.51. The minimum atomic E-state index is -1.19. The molecule has 126 valence electrons. The molecule has 0 spiro atoms. The maximum Gasteiger partial charge on any atom is 0.165 e. The number of rotatable bonds is 4. The normalized spacial score (nSPS) is 29.5. The number of aromatic nitrogens is 3. The van der Waals surface area contributed by atoms with Gasteiger partial charge < -0.3 is 25.8 Å². The summed E-state index contributed by atoms with van der Waals surface area (Å²) in [7, 11) is 0. The van der Waals surface area contributed by atoms with Gasteiger partial charge in [0.2, 0.25) is 0 Å². The van der Waals surface area contributed by atoms with Gasteiger partial charge in [-0.05, 0) is 18.4 Å². The topological polar surface area (TPSA) is 127 Å². The highest BCUT2D eigenvalue weighted by Crippen LogP contribution is 2.34. The summed E-state index contributed by atoms with van der Waals surface area (Å²) >= 11 is 0. The first-order valence-corrected chi connectivity index (χ1v) is 7.66. The number of aliphatic hydroxyl groups is 3. The van der Waals surface area contributed by atoms with Crippen molar-refractivity contribution in [1.82, 2.24) is 14.5 Å². The van der Waals surface area contributed by atoms with E-state index >= 15 is 0 Å². The Kier molecular flexibility index (Phi) is 4.24. The van der Waals surface area contributed by atoms with Crippen LogP contribution in [0, 0.1) is 5.92 Å². The average molecular weight is 322 g/mol. The third-order valence-corrected chi connectivity index (χ3v) is 4.13. The van der Waals surface area contributed by atoms with Crippen molar-refractivity contribution in [2.45, 2.75) is 50.9 Å². The largest absolute Gasteiger partial charge is 0.397 e. The van der Waals surface area contributed by atoms with Crippen LogP contribution in [-0.4, -0.2) is 54.3 Å². The number of nitrogens with zero attached hydrogens (tertiary/aromatic N) is 3. The van der Waals surface area contributed by atoms with E-state index < -0.39 is 30.6 Å². The van der Waals surface area contributed by atoms with Crippen molar-refractivity contribution < 1.29 is 20.1 Å². The number of pyridine rings is 1. The van der Waals surface area contributed by atoms with E-state index in [2.05, 4.69) is 9.97 Å². The minimum Gasteiger partial charge on any atom is -0.397 e. The number of hydrogen-bond donors (Lipinski definition) is 4. The second kappa shape index (κ2) is 6.04. The lowest BCUT2D eigenvalue weighted by atomic mass is 9.98. The van der Waals surface area contributed by atoms with Crippen molar-refractivity contribution >= 4 is 16.9 Å². The van der Waals surface area contributed by atoms with Crippen molar-refractivity contribution in [2.24, 2.45) is 5.92 Å². The van der Waals surface area contributed by atoms with E-state index in [0.29, 0.717) is 23.3 Å². The Hall–Kier alpha value is -1.74. The van der Waals surface area contributed by atoms with Crippen molar-refractivity contribution in [3.63, 3.8) is 0 Å². The number of imidazole rings is 1. The smallest absolute Gasteiger partial charge is 0.165 e. The number of aliphatic hydroxyl groups excluding tert-OH is 3. The summed E-state index contributed by atoms with van der Waals surface area (Å²) in [6, 6.07) is 1.63.